The Morgan fingerprint density at radius 2 is 0.449 bits per heavy atom. The Morgan fingerprint density at radius 3 is 0.652 bits per heavy atom. The largest absolute Gasteiger partial charge is 0.309 e. The number of fused-ring (bicyclic) bond motifs is 4. The number of hydrogen-bond acceptors (Lipinski definition) is 2. The van der Waals surface area contributed by atoms with Crippen LogP contribution in [-0.2, 0) is 43.3 Å². The highest BCUT2D eigenvalue weighted by atomic mass is 35.5. The summed E-state index contributed by atoms with van der Waals surface area (Å²) in [6.07, 6.45) is 0. The van der Waals surface area contributed by atoms with Gasteiger partial charge in [0.05, 0.1) is 16.4 Å². The fraction of sp³-hybridized carbons (Fsp3) is 0.545. The van der Waals surface area contributed by atoms with Crippen molar-refractivity contribution in [2.75, 3.05) is 9.80 Å². The fourth-order valence-corrected chi connectivity index (χ4v) is 14.8. The zero-order valence-electron chi connectivity index (χ0n) is 47.4. The molecule has 0 heterocycles. The van der Waals surface area contributed by atoms with Gasteiger partial charge in [-0.3, -0.25) is 0 Å². The molecule has 9 rings (SSSR count). The van der Waals surface area contributed by atoms with Crippen LogP contribution in [0.25, 0.3) is 0 Å². The van der Waals surface area contributed by atoms with Crippen LogP contribution in [-0.4, -0.2) is 0 Å². The molecule has 0 atom stereocenters. The van der Waals surface area contributed by atoms with Crippen molar-refractivity contribution in [1.82, 2.24) is 0 Å². The highest BCUT2D eigenvalue weighted by molar-refractivity contribution is 6.36. The third-order valence-corrected chi connectivity index (χ3v) is 24.8. The highest BCUT2D eigenvalue weighted by Crippen LogP contribution is 2.67. The molecule has 4 aliphatic rings. The average molecular weight is 944 g/mol. The van der Waals surface area contributed by atoms with Crippen LogP contribution in [0.2, 0.25) is 5.02 Å². The van der Waals surface area contributed by atoms with Gasteiger partial charge in [0, 0.05) is 22.7 Å². The van der Waals surface area contributed by atoms with Crippen LogP contribution in [0.1, 0.15) is 211 Å². The van der Waals surface area contributed by atoms with Gasteiger partial charge in [0.15, 0.2) is 0 Å². The number of anilines is 6. The zero-order valence-corrected chi connectivity index (χ0v) is 48.2. The van der Waals surface area contributed by atoms with Gasteiger partial charge in [0.1, 0.15) is 0 Å². The Kier molecular flexibility index (Phi) is 10.2. The van der Waals surface area contributed by atoms with Crippen molar-refractivity contribution in [3.8, 4) is 0 Å². The summed E-state index contributed by atoms with van der Waals surface area (Å²) < 4.78 is 0. The Bertz CT molecular complexity index is 2600. The Morgan fingerprint density at radius 1 is 0.261 bits per heavy atom. The first-order valence-electron chi connectivity index (χ1n) is 26.2. The first kappa shape index (κ1) is 50.0. The van der Waals surface area contributed by atoms with Crippen LogP contribution in [0.15, 0.2) is 91.0 Å². The maximum atomic E-state index is 8.27. The molecule has 0 bridgehead atoms. The van der Waals surface area contributed by atoms with Crippen molar-refractivity contribution >= 4 is 45.7 Å². The normalized spacial score (nSPS) is 24.0. The monoisotopic (exact) mass is 943 g/mol. The van der Waals surface area contributed by atoms with Gasteiger partial charge in [-0.2, -0.15) is 0 Å². The van der Waals surface area contributed by atoms with E-state index in [9.17, 15) is 0 Å². The van der Waals surface area contributed by atoms with E-state index in [1.807, 2.05) is 0 Å². The van der Waals surface area contributed by atoms with Crippen molar-refractivity contribution < 1.29 is 0 Å². The minimum atomic E-state index is -0.0706. The van der Waals surface area contributed by atoms with Gasteiger partial charge in [-0.1, -0.05) is 208 Å². The minimum absolute atomic E-state index is 0.00821. The van der Waals surface area contributed by atoms with Crippen molar-refractivity contribution in [2.24, 2.45) is 21.7 Å². The molecule has 0 saturated heterocycles. The number of halogens is 1. The maximum absolute atomic E-state index is 8.27. The standard InChI is InChI=1S/C66H87ClN2/c1-55(2)44-32-28-40(36-48(44)59(9,10)63(55,17)18)68(41-29-33-45-49(37-41)60(11,12)64(19,20)56(45,3)4)52-26-25-27-53(54(52)67)69(42-30-34-46-50(38-42)61(13,14)65(21,22)57(46,5)6)43-31-35-47-51(39-43)62(15,16)66(23,24)58(47,7)8/h25-39H,1-24H3. The molecule has 3 heteroatoms. The molecule has 0 fully saturated rings. The van der Waals surface area contributed by atoms with Gasteiger partial charge in [0.25, 0.3) is 0 Å². The molecule has 5 aromatic rings. The molecule has 0 radical (unpaired) electrons. The molecule has 5 aromatic carbocycles. The van der Waals surface area contributed by atoms with Crippen LogP contribution < -0.4 is 9.80 Å². The molecule has 69 heavy (non-hydrogen) atoms. The van der Waals surface area contributed by atoms with Gasteiger partial charge in [-0.05, 0) is 170 Å². The zero-order chi connectivity index (χ0) is 51.4. The molecule has 0 amide bonds. The predicted molar refractivity (Wildman–Crippen MR) is 300 cm³/mol. The molecule has 0 spiro atoms. The average Bonchev–Trinajstić information content (AvgIpc) is 3.54. The molecule has 0 aromatic heterocycles. The second-order valence-electron chi connectivity index (χ2n) is 28.7. The van der Waals surface area contributed by atoms with Crippen molar-refractivity contribution in [3.63, 3.8) is 0 Å². The van der Waals surface area contributed by atoms with Crippen molar-refractivity contribution in [2.45, 2.75) is 209 Å². The number of rotatable bonds is 6. The number of nitrogens with zero attached hydrogens (tertiary/aromatic N) is 2. The molecule has 2 nitrogen and oxygen atoms in total. The van der Waals surface area contributed by atoms with Crippen LogP contribution >= 0.6 is 11.6 Å². The van der Waals surface area contributed by atoms with Gasteiger partial charge >= 0.3 is 0 Å². The van der Waals surface area contributed by atoms with Crippen molar-refractivity contribution in [3.05, 3.63) is 141 Å². The molecule has 4 aliphatic carbocycles. The van der Waals surface area contributed by atoms with Gasteiger partial charge in [-0.15, -0.1) is 0 Å². The van der Waals surface area contributed by atoms with E-state index in [1.165, 1.54) is 44.5 Å². The van der Waals surface area contributed by atoms with Gasteiger partial charge in [0.2, 0.25) is 0 Å². The van der Waals surface area contributed by atoms with Gasteiger partial charge < -0.3 is 9.80 Å². The molecule has 0 saturated carbocycles. The van der Waals surface area contributed by atoms with E-state index in [0.29, 0.717) is 0 Å². The summed E-state index contributed by atoms with van der Waals surface area (Å²) in [6, 6.07) is 35.9. The van der Waals surface area contributed by atoms with E-state index in [0.717, 1.165) is 39.1 Å². The lowest BCUT2D eigenvalue weighted by Crippen LogP contribution is -2.42. The molecule has 0 aliphatic heterocycles. The van der Waals surface area contributed by atoms with Crippen LogP contribution in [0.5, 0.6) is 0 Å². The molecule has 0 unspecified atom stereocenters. The van der Waals surface area contributed by atoms with Crippen LogP contribution in [0.3, 0.4) is 0 Å². The minimum Gasteiger partial charge on any atom is -0.309 e. The first-order chi connectivity index (χ1) is 31.2. The van der Waals surface area contributed by atoms with E-state index in [4.69, 9.17) is 11.6 Å². The number of benzene rings is 5. The van der Waals surface area contributed by atoms with E-state index in [1.54, 1.807) is 0 Å². The Balaban J connectivity index is 1.32. The lowest BCUT2D eigenvalue weighted by molar-refractivity contribution is 0.125. The summed E-state index contributed by atoms with van der Waals surface area (Å²) in [5.41, 5.74) is 17.6. The first-order valence-corrected chi connectivity index (χ1v) is 26.6. The molecule has 0 N–H and O–H groups in total. The summed E-state index contributed by atoms with van der Waals surface area (Å²) in [5.74, 6) is 0. The third-order valence-electron chi connectivity index (χ3n) is 24.4. The summed E-state index contributed by atoms with van der Waals surface area (Å²) in [4.78, 5) is 4.95. The van der Waals surface area contributed by atoms with E-state index in [2.05, 4.69) is 267 Å². The quantitative estimate of drug-likeness (QED) is 0.167. The fourth-order valence-electron chi connectivity index (χ4n) is 14.5. The smallest absolute Gasteiger partial charge is 0.0887 e. The second-order valence-corrected chi connectivity index (χ2v) is 29.1. The molecular weight excluding hydrogens is 856 g/mol. The van der Waals surface area contributed by atoms with Crippen LogP contribution in [0, 0.1) is 21.7 Å². The Labute approximate surface area is 425 Å². The topological polar surface area (TPSA) is 6.48 Å². The lowest BCUT2D eigenvalue weighted by atomic mass is 9.59. The lowest BCUT2D eigenvalue weighted by Gasteiger charge is -2.44. The SMILES string of the molecule is CC1(C)c2ccc(N(c3ccc4c(c3)C(C)(C)C(C)(C)C4(C)C)c3cccc(N(c4ccc5c(c4)C(C)(C)C(C)(C)C5(C)C)c4ccc5c(c4)C(C)(C)C(C)(C)C5(C)C)c3Cl)cc2C(C)(C)C1(C)C. The van der Waals surface area contributed by atoms with E-state index in [-0.39, 0.29) is 65.0 Å². The summed E-state index contributed by atoms with van der Waals surface area (Å²) in [7, 11) is 0. The highest BCUT2D eigenvalue weighted by Gasteiger charge is 2.60. The van der Waals surface area contributed by atoms with Crippen molar-refractivity contribution in [1.29, 1.82) is 0 Å². The third kappa shape index (κ3) is 5.80. The van der Waals surface area contributed by atoms with Crippen LogP contribution in [0.4, 0.5) is 34.1 Å². The van der Waals surface area contributed by atoms with E-state index >= 15 is 0 Å². The summed E-state index contributed by atoms with van der Waals surface area (Å²) in [5, 5.41) is 0.721. The molecular formula is C66H87ClN2. The Hall–Kier alpha value is -4.01. The van der Waals surface area contributed by atoms with Gasteiger partial charge in [-0.25, -0.2) is 0 Å². The maximum Gasteiger partial charge on any atom is 0.0887 e. The number of hydrogen-bond donors (Lipinski definition) is 0. The predicted octanol–water partition coefficient (Wildman–Crippen LogP) is 19.7. The summed E-state index contributed by atoms with van der Waals surface area (Å²) >= 11 is 8.27. The van der Waals surface area contributed by atoms with E-state index < -0.39 is 0 Å². The second kappa shape index (κ2) is 14.1. The molecule has 368 valence electrons. The summed E-state index contributed by atoms with van der Waals surface area (Å²) in [6.45, 7) is 58.7.